The molecule has 2 aromatic heterocycles. The van der Waals surface area contributed by atoms with Gasteiger partial charge in [-0.05, 0) is 140 Å². The number of fused-ring (bicyclic) bond motifs is 18. The van der Waals surface area contributed by atoms with Gasteiger partial charge in [0.05, 0.1) is 27.6 Å². The van der Waals surface area contributed by atoms with E-state index in [1.807, 2.05) is 0 Å². The molecule has 6 aliphatic rings. The van der Waals surface area contributed by atoms with Crippen LogP contribution in [0.1, 0.15) is 97.7 Å². The Bertz CT molecular complexity index is 4440. The van der Waals surface area contributed by atoms with E-state index in [0.717, 1.165) is 28.4 Å². The van der Waals surface area contributed by atoms with Crippen LogP contribution in [0.5, 0.6) is 0 Å². The summed E-state index contributed by atoms with van der Waals surface area (Å²) in [5.41, 5.74) is 28.7. The van der Waals surface area contributed by atoms with Crippen LogP contribution in [0.2, 0.25) is 0 Å². The van der Waals surface area contributed by atoms with E-state index in [1.54, 1.807) is 0 Å². The van der Waals surface area contributed by atoms with Gasteiger partial charge in [0, 0.05) is 67.5 Å². The number of hydrogen-bond donors (Lipinski definition) is 0. The van der Waals surface area contributed by atoms with Crippen molar-refractivity contribution in [2.75, 3.05) is 4.90 Å². The Labute approximate surface area is 437 Å². The van der Waals surface area contributed by atoms with Gasteiger partial charge in [0.15, 0.2) is 0 Å². The molecule has 3 nitrogen and oxygen atoms in total. The Hall–Kier alpha value is -8.40. The molecular formula is C72H54N2O. The van der Waals surface area contributed by atoms with Crippen molar-refractivity contribution in [2.45, 2.75) is 63.7 Å². The minimum atomic E-state index is -0.652. The maximum Gasteiger partial charge on any atom is 0.134 e. The van der Waals surface area contributed by atoms with Crippen LogP contribution in [-0.2, 0) is 16.2 Å². The molecule has 3 heterocycles. The number of benzene rings is 9. The lowest BCUT2D eigenvalue weighted by molar-refractivity contribution is 0.405. The van der Waals surface area contributed by atoms with Gasteiger partial charge in [-0.1, -0.05) is 180 Å². The lowest BCUT2D eigenvalue weighted by Gasteiger charge is -2.50. The van der Waals surface area contributed by atoms with E-state index in [-0.39, 0.29) is 23.2 Å². The molecular weight excluding hydrogens is 909 g/mol. The third kappa shape index (κ3) is 4.82. The first-order valence-electron chi connectivity index (χ1n) is 27.1. The molecule has 0 saturated carbocycles. The minimum Gasteiger partial charge on any atom is -0.459 e. The zero-order chi connectivity index (χ0) is 50.0. The lowest BCUT2D eigenvalue weighted by atomic mass is 9.53. The van der Waals surface area contributed by atoms with Crippen LogP contribution in [-0.4, -0.2) is 4.57 Å². The van der Waals surface area contributed by atoms with Gasteiger partial charge in [0.25, 0.3) is 0 Å². The molecule has 5 unspecified atom stereocenters. The maximum atomic E-state index is 7.43. The summed E-state index contributed by atoms with van der Waals surface area (Å²) in [6, 6.07) is 76.9. The number of allylic oxidation sites excluding steroid dienone is 4. The molecule has 0 N–H and O–H groups in total. The molecule has 0 amide bonds. The van der Waals surface area contributed by atoms with Crippen LogP contribution < -0.4 is 4.90 Å². The van der Waals surface area contributed by atoms with Gasteiger partial charge < -0.3 is 13.9 Å². The summed E-state index contributed by atoms with van der Waals surface area (Å²) in [6.07, 6.45) is 0. The van der Waals surface area contributed by atoms with Gasteiger partial charge in [-0.2, -0.15) is 0 Å². The fourth-order valence-corrected chi connectivity index (χ4v) is 16.8. The average molecular weight is 963 g/mol. The first-order valence-corrected chi connectivity index (χ1v) is 27.1. The first-order chi connectivity index (χ1) is 36.6. The van der Waals surface area contributed by atoms with E-state index >= 15 is 0 Å². The van der Waals surface area contributed by atoms with Crippen LogP contribution >= 0.6 is 0 Å². The first kappa shape index (κ1) is 42.0. The van der Waals surface area contributed by atoms with E-state index in [9.17, 15) is 0 Å². The number of rotatable bonds is 2. The summed E-state index contributed by atoms with van der Waals surface area (Å²) in [5, 5.41) is 3.76. The van der Waals surface area contributed by atoms with Crippen LogP contribution in [0.15, 0.2) is 221 Å². The number of furan rings is 1. The predicted octanol–water partition coefficient (Wildman–Crippen LogP) is 18.4. The Kier molecular flexibility index (Phi) is 7.87. The van der Waals surface area contributed by atoms with Gasteiger partial charge >= 0.3 is 0 Å². The Balaban J connectivity index is 1.04. The maximum absolute atomic E-state index is 7.43. The lowest BCUT2D eigenvalue weighted by Crippen LogP contribution is -2.42. The number of nitrogens with zero attached hydrogens (tertiary/aromatic N) is 2. The molecule has 3 heteroatoms. The third-order valence-electron chi connectivity index (χ3n) is 19.6. The van der Waals surface area contributed by atoms with Gasteiger partial charge in [-0.25, -0.2) is 0 Å². The minimum absolute atomic E-state index is 0.0286. The summed E-state index contributed by atoms with van der Waals surface area (Å²) in [6.45, 7) is 14.9. The second-order valence-electron chi connectivity index (χ2n) is 23.2. The Morgan fingerprint density at radius 1 is 0.440 bits per heavy atom. The molecule has 5 aliphatic carbocycles. The van der Waals surface area contributed by atoms with Crippen molar-refractivity contribution in [1.29, 1.82) is 0 Å². The van der Waals surface area contributed by atoms with Crippen molar-refractivity contribution >= 4 is 55.4 Å². The SMILES string of the molecule is CC1C2=C3C(C)C4=C1C(C)c1c(oc5ccccc15)C4(C)c1cccc(c1)N(c1ccc4c(c1)C(C)(C)c1ccccc1-4)c1ccc4c(c1)C3(c1ccccc12)c1c-4cccc1-n1c2ccccc2c2ccccc21. The van der Waals surface area contributed by atoms with Gasteiger partial charge in [0.1, 0.15) is 11.3 Å². The molecule has 358 valence electrons. The summed E-state index contributed by atoms with van der Waals surface area (Å²) in [4.78, 5) is 2.57. The fourth-order valence-electron chi connectivity index (χ4n) is 16.8. The molecule has 0 saturated heterocycles. The largest absolute Gasteiger partial charge is 0.459 e. The van der Waals surface area contributed by atoms with E-state index in [4.69, 9.17) is 4.42 Å². The smallest absolute Gasteiger partial charge is 0.134 e. The molecule has 17 rings (SSSR count). The number of aromatic nitrogens is 1. The summed E-state index contributed by atoms with van der Waals surface area (Å²) in [7, 11) is 0. The number of hydrogen-bond acceptors (Lipinski definition) is 2. The van der Waals surface area contributed by atoms with Gasteiger partial charge in [-0.3, -0.25) is 0 Å². The molecule has 1 aliphatic heterocycles. The molecule has 0 fully saturated rings. The summed E-state index contributed by atoms with van der Waals surface area (Å²) in [5.74, 6) is 1.37. The fraction of sp³-hybridized carbons (Fsp3) is 0.167. The van der Waals surface area contributed by atoms with E-state index in [0.29, 0.717) is 0 Å². The van der Waals surface area contributed by atoms with E-state index in [1.165, 1.54) is 122 Å². The van der Waals surface area contributed by atoms with Crippen molar-refractivity contribution in [2.24, 2.45) is 11.8 Å². The Morgan fingerprint density at radius 2 is 1.03 bits per heavy atom. The van der Waals surface area contributed by atoms with E-state index in [2.05, 4.69) is 251 Å². The highest BCUT2D eigenvalue weighted by Gasteiger charge is 2.61. The van der Waals surface area contributed by atoms with Gasteiger partial charge in [0.2, 0.25) is 0 Å². The van der Waals surface area contributed by atoms with Crippen molar-refractivity contribution in [3.8, 4) is 27.9 Å². The number of anilines is 3. The second-order valence-corrected chi connectivity index (χ2v) is 23.2. The van der Waals surface area contributed by atoms with Crippen LogP contribution in [0.3, 0.4) is 0 Å². The number of para-hydroxylation sites is 3. The van der Waals surface area contributed by atoms with Crippen molar-refractivity contribution in [3.63, 3.8) is 0 Å². The van der Waals surface area contributed by atoms with Crippen molar-refractivity contribution in [3.05, 3.63) is 267 Å². The predicted molar refractivity (Wildman–Crippen MR) is 308 cm³/mol. The molecule has 11 aromatic rings. The molecule has 5 atom stereocenters. The molecule has 0 radical (unpaired) electrons. The topological polar surface area (TPSA) is 21.3 Å². The Morgan fingerprint density at radius 3 is 1.79 bits per heavy atom. The third-order valence-corrected chi connectivity index (χ3v) is 19.6. The highest BCUT2D eigenvalue weighted by Crippen LogP contribution is 2.72. The van der Waals surface area contributed by atoms with Crippen LogP contribution in [0, 0.1) is 11.8 Å². The zero-order valence-electron chi connectivity index (χ0n) is 43.1. The van der Waals surface area contributed by atoms with Crippen molar-refractivity contribution < 1.29 is 4.42 Å². The molecule has 1 spiro atoms. The standard InChI is InChI=1S/C72H54N2O/c1-40-63-41(2)65-54-25-11-16-32-62(54)75-69(65)71(6)43-19-17-20-44(37-43)73(45-33-35-48-47-21-7-12-27-55(47)70(4,5)57(48)38-45)46-34-36-49-52-26-18-31-61(74-59-29-14-9-22-50(59)51-23-10-15-30-60(51)74)68(52)72(58(49)39-46)56-28-13-8-24-53(56)64(40)67(72)42(3)66(63)71/h7-42H,1-6H3. The van der Waals surface area contributed by atoms with Crippen LogP contribution in [0.25, 0.3) is 66.3 Å². The quantitative estimate of drug-likeness (QED) is 0.161. The van der Waals surface area contributed by atoms with Crippen molar-refractivity contribution in [1.82, 2.24) is 4.57 Å². The average Bonchev–Trinajstić information content (AvgIpc) is 4.37. The second kappa shape index (κ2) is 14.0. The van der Waals surface area contributed by atoms with Crippen LogP contribution in [0.4, 0.5) is 17.1 Å². The van der Waals surface area contributed by atoms with Gasteiger partial charge in [-0.15, -0.1) is 0 Å². The van der Waals surface area contributed by atoms with E-state index < -0.39 is 10.8 Å². The monoisotopic (exact) mass is 962 g/mol. The summed E-state index contributed by atoms with van der Waals surface area (Å²) < 4.78 is 10.0. The molecule has 9 aromatic carbocycles. The highest BCUT2D eigenvalue weighted by molar-refractivity contribution is 6.10. The zero-order valence-corrected chi connectivity index (χ0v) is 43.1. The molecule has 75 heavy (non-hydrogen) atoms. The highest BCUT2D eigenvalue weighted by atomic mass is 16.3. The molecule has 6 bridgehead atoms. The normalized spacial score (nSPS) is 22.7. The summed E-state index contributed by atoms with van der Waals surface area (Å²) >= 11 is 0.